The topological polar surface area (TPSA) is 91.6 Å². The summed E-state index contributed by atoms with van der Waals surface area (Å²) in [4.78, 5) is 38.8. The van der Waals surface area contributed by atoms with E-state index >= 15 is 0 Å². The molecule has 1 N–H and O–H groups in total. The highest BCUT2D eigenvalue weighted by Gasteiger charge is 2.21. The molecule has 0 spiro atoms. The van der Waals surface area contributed by atoms with Gasteiger partial charge in [-0.1, -0.05) is 12.1 Å². The van der Waals surface area contributed by atoms with Crippen LogP contribution in [0.4, 0.5) is 5.69 Å². The van der Waals surface area contributed by atoms with E-state index in [1.807, 2.05) is 6.92 Å². The highest BCUT2D eigenvalue weighted by molar-refractivity contribution is 5.91. The summed E-state index contributed by atoms with van der Waals surface area (Å²) in [6.07, 6.45) is 1.54. The minimum absolute atomic E-state index is 0.169. The Kier molecular flexibility index (Phi) is 6.18. The van der Waals surface area contributed by atoms with Crippen molar-refractivity contribution in [3.8, 4) is 5.75 Å². The number of nitrogens with one attached hydrogen (secondary N) is 1. The van der Waals surface area contributed by atoms with E-state index in [1.54, 1.807) is 48.5 Å². The third-order valence-corrected chi connectivity index (χ3v) is 5.29. The fraction of sp³-hybridized carbons (Fsp3) is 0.348. The lowest BCUT2D eigenvalue weighted by Crippen LogP contribution is -2.43. The molecule has 2 heterocycles. The molecule has 8 heteroatoms. The van der Waals surface area contributed by atoms with Crippen molar-refractivity contribution in [2.75, 3.05) is 18.5 Å². The first-order valence-corrected chi connectivity index (χ1v) is 10.4. The fourth-order valence-corrected chi connectivity index (χ4v) is 3.82. The molecular formula is C23H25N3O5. The summed E-state index contributed by atoms with van der Waals surface area (Å²) >= 11 is 0. The van der Waals surface area contributed by atoms with E-state index in [-0.39, 0.29) is 30.7 Å². The number of fused-ring (bicyclic) bond motifs is 1. The molecule has 1 aromatic heterocycles. The molecule has 1 atom stereocenters. The van der Waals surface area contributed by atoms with Gasteiger partial charge < -0.3 is 14.8 Å². The maximum atomic E-state index is 13.2. The number of hydrogen-bond acceptors (Lipinski definition) is 5. The Morgan fingerprint density at radius 1 is 1.13 bits per heavy atom. The third kappa shape index (κ3) is 4.54. The van der Waals surface area contributed by atoms with Crippen LogP contribution in [-0.4, -0.2) is 34.4 Å². The summed E-state index contributed by atoms with van der Waals surface area (Å²) in [5.74, 6) is 0.350. The number of ether oxygens (including phenoxy) is 2. The van der Waals surface area contributed by atoms with E-state index in [0.717, 1.165) is 12.8 Å². The number of para-hydroxylation sites is 1. The summed E-state index contributed by atoms with van der Waals surface area (Å²) in [5, 5.41) is 3.19. The first kappa shape index (κ1) is 20.9. The lowest BCUT2D eigenvalue weighted by Gasteiger charge is -2.16. The van der Waals surface area contributed by atoms with Gasteiger partial charge in [-0.05, 0) is 56.2 Å². The van der Waals surface area contributed by atoms with Gasteiger partial charge in [0.05, 0.1) is 30.2 Å². The van der Waals surface area contributed by atoms with Crippen molar-refractivity contribution < 1.29 is 14.3 Å². The number of aromatic nitrogens is 2. The van der Waals surface area contributed by atoms with Crippen LogP contribution < -0.4 is 21.3 Å². The van der Waals surface area contributed by atoms with Crippen LogP contribution >= 0.6 is 0 Å². The van der Waals surface area contributed by atoms with E-state index < -0.39 is 5.69 Å². The van der Waals surface area contributed by atoms with Crippen molar-refractivity contribution >= 4 is 22.5 Å². The summed E-state index contributed by atoms with van der Waals surface area (Å²) in [6.45, 7) is 3.06. The van der Waals surface area contributed by atoms with Crippen LogP contribution in [0, 0.1) is 0 Å². The van der Waals surface area contributed by atoms with E-state index in [4.69, 9.17) is 9.47 Å². The van der Waals surface area contributed by atoms with Crippen molar-refractivity contribution in [1.29, 1.82) is 0 Å². The molecule has 1 aliphatic heterocycles. The molecule has 3 aromatic rings. The van der Waals surface area contributed by atoms with Gasteiger partial charge in [-0.15, -0.1) is 0 Å². The molecule has 1 fully saturated rings. The SMILES string of the molecule is CCOc1ccc(NC(=O)Cn2c(=O)n(C[C@@H]3CCCO3)c(=O)c3ccccc32)cc1. The van der Waals surface area contributed by atoms with Gasteiger partial charge in [0.2, 0.25) is 5.91 Å². The van der Waals surface area contributed by atoms with E-state index in [0.29, 0.717) is 35.6 Å². The predicted molar refractivity (Wildman–Crippen MR) is 118 cm³/mol. The van der Waals surface area contributed by atoms with E-state index in [1.165, 1.54) is 9.13 Å². The predicted octanol–water partition coefficient (Wildman–Crippen LogP) is 2.38. The summed E-state index contributed by atoms with van der Waals surface area (Å²) in [6, 6.07) is 13.8. The minimum Gasteiger partial charge on any atom is -0.494 e. The fourth-order valence-electron chi connectivity index (χ4n) is 3.82. The largest absolute Gasteiger partial charge is 0.494 e. The maximum Gasteiger partial charge on any atom is 0.332 e. The summed E-state index contributed by atoms with van der Waals surface area (Å²) in [5.41, 5.74) is 0.154. The quantitative estimate of drug-likeness (QED) is 0.630. The molecule has 1 aliphatic rings. The Morgan fingerprint density at radius 3 is 2.61 bits per heavy atom. The zero-order chi connectivity index (χ0) is 21.8. The zero-order valence-electron chi connectivity index (χ0n) is 17.4. The maximum absolute atomic E-state index is 13.2. The highest BCUT2D eigenvalue weighted by atomic mass is 16.5. The Hall–Kier alpha value is -3.39. The van der Waals surface area contributed by atoms with Crippen LogP contribution in [-0.2, 0) is 22.6 Å². The Labute approximate surface area is 179 Å². The normalized spacial score (nSPS) is 15.8. The molecule has 0 aliphatic carbocycles. The van der Waals surface area contributed by atoms with E-state index in [2.05, 4.69) is 5.32 Å². The van der Waals surface area contributed by atoms with Gasteiger partial charge in [-0.3, -0.25) is 18.7 Å². The van der Waals surface area contributed by atoms with Crippen LogP contribution in [0.2, 0.25) is 0 Å². The number of anilines is 1. The van der Waals surface area contributed by atoms with Gasteiger partial charge in [0.1, 0.15) is 12.3 Å². The number of carbonyl (C=O) groups excluding carboxylic acids is 1. The van der Waals surface area contributed by atoms with Crippen LogP contribution in [0.3, 0.4) is 0 Å². The van der Waals surface area contributed by atoms with Gasteiger partial charge in [0.25, 0.3) is 5.56 Å². The molecule has 31 heavy (non-hydrogen) atoms. The smallest absolute Gasteiger partial charge is 0.332 e. The molecule has 2 aromatic carbocycles. The van der Waals surface area contributed by atoms with Crippen LogP contribution in [0.25, 0.3) is 10.9 Å². The lowest BCUT2D eigenvalue weighted by molar-refractivity contribution is -0.116. The first-order valence-electron chi connectivity index (χ1n) is 10.4. The molecule has 0 bridgehead atoms. The van der Waals surface area contributed by atoms with Gasteiger partial charge in [0.15, 0.2) is 0 Å². The van der Waals surface area contributed by atoms with Gasteiger partial charge in [0, 0.05) is 12.3 Å². The first-order chi connectivity index (χ1) is 15.1. The molecule has 1 saturated heterocycles. The van der Waals surface area contributed by atoms with Crippen LogP contribution in [0.1, 0.15) is 19.8 Å². The summed E-state index contributed by atoms with van der Waals surface area (Å²) < 4.78 is 13.5. The monoisotopic (exact) mass is 423 g/mol. The molecule has 1 amide bonds. The molecule has 0 radical (unpaired) electrons. The highest BCUT2D eigenvalue weighted by Crippen LogP contribution is 2.16. The van der Waals surface area contributed by atoms with Gasteiger partial charge in [-0.25, -0.2) is 4.79 Å². The number of nitrogens with zero attached hydrogens (tertiary/aromatic N) is 2. The lowest BCUT2D eigenvalue weighted by atomic mass is 10.2. The second kappa shape index (κ2) is 9.18. The number of benzene rings is 2. The van der Waals surface area contributed by atoms with Crippen molar-refractivity contribution in [2.24, 2.45) is 0 Å². The number of amides is 1. The van der Waals surface area contributed by atoms with Crippen molar-refractivity contribution in [1.82, 2.24) is 9.13 Å². The van der Waals surface area contributed by atoms with Gasteiger partial charge in [-0.2, -0.15) is 0 Å². The number of carbonyl (C=O) groups is 1. The van der Waals surface area contributed by atoms with Crippen molar-refractivity contribution in [3.63, 3.8) is 0 Å². The van der Waals surface area contributed by atoms with Crippen molar-refractivity contribution in [2.45, 2.75) is 39.0 Å². The molecular weight excluding hydrogens is 398 g/mol. The Balaban J connectivity index is 1.63. The molecule has 0 unspecified atom stereocenters. The molecule has 4 rings (SSSR count). The number of rotatable bonds is 7. The summed E-state index contributed by atoms with van der Waals surface area (Å²) in [7, 11) is 0. The molecule has 0 saturated carbocycles. The number of hydrogen-bond donors (Lipinski definition) is 1. The minimum atomic E-state index is -0.513. The Morgan fingerprint density at radius 2 is 1.90 bits per heavy atom. The average molecular weight is 423 g/mol. The van der Waals surface area contributed by atoms with E-state index in [9.17, 15) is 14.4 Å². The second-order valence-electron chi connectivity index (χ2n) is 7.44. The molecule has 162 valence electrons. The van der Waals surface area contributed by atoms with Crippen molar-refractivity contribution in [3.05, 3.63) is 69.4 Å². The Bertz CT molecular complexity index is 1190. The third-order valence-electron chi connectivity index (χ3n) is 5.29. The average Bonchev–Trinajstić information content (AvgIpc) is 3.29. The van der Waals surface area contributed by atoms with Gasteiger partial charge >= 0.3 is 5.69 Å². The zero-order valence-corrected chi connectivity index (χ0v) is 17.4. The molecule has 8 nitrogen and oxygen atoms in total. The second-order valence-corrected chi connectivity index (χ2v) is 7.44. The van der Waals surface area contributed by atoms with Crippen LogP contribution in [0.5, 0.6) is 5.75 Å². The van der Waals surface area contributed by atoms with Crippen LogP contribution in [0.15, 0.2) is 58.1 Å². The standard InChI is InChI=1S/C23H25N3O5/c1-2-30-17-11-9-16(10-12-17)24-21(27)15-25-20-8-4-3-7-19(20)22(28)26(23(25)29)14-18-6-5-13-31-18/h3-4,7-12,18H,2,5-6,13-15H2,1H3,(H,24,27)/t18-/m0/s1.